The molecular formula is C25H34N6O4S. The number of aromatic nitrogens is 3. The van der Waals surface area contributed by atoms with E-state index in [9.17, 15) is 19.5 Å². The fourth-order valence-electron chi connectivity index (χ4n) is 6.40. The van der Waals surface area contributed by atoms with Crippen LogP contribution in [-0.4, -0.2) is 78.0 Å². The zero-order valence-corrected chi connectivity index (χ0v) is 21.6. The number of likely N-dealkylation sites (tertiary alicyclic amines) is 1. The number of carbonyl (C=O) groups is 3. The highest BCUT2D eigenvalue weighted by atomic mass is 32.2. The molecular weight excluding hydrogens is 480 g/mol. The van der Waals surface area contributed by atoms with Crippen molar-refractivity contribution < 1.29 is 19.5 Å². The van der Waals surface area contributed by atoms with E-state index in [1.165, 1.54) is 0 Å². The number of benzene rings is 1. The first kappa shape index (κ1) is 25.0. The molecule has 2 bridgehead atoms. The summed E-state index contributed by atoms with van der Waals surface area (Å²) in [5.41, 5.74) is 1.55. The number of hydrogen-bond acceptors (Lipinski definition) is 7. The average Bonchev–Trinajstić information content (AvgIpc) is 3.57. The van der Waals surface area contributed by atoms with Crippen LogP contribution in [0.3, 0.4) is 0 Å². The normalized spacial score (nSPS) is 30.7. The first-order valence-electron chi connectivity index (χ1n) is 12.8. The van der Waals surface area contributed by atoms with Crippen LogP contribution in [0.2, 0.25) is 0 Å². The number of carbonyl (C=O) groups excluding carboxylic acids is 3. The number of aliphatic hydroxyl groups excluding tert-OH is 1. The topological polar surface area (TPSA) is 129 Å². The van der Waals surface area contributed by atoms with Crippen molar-refractivity contribution >= 4 is 40.5 Å². The SMILES string of the molecule is CCCNC(=O)[C@@H]1[C@H]2C(=O)N(CCCCO)C(C(=O)NCn3nnc4ccccc43)C23CC[C@@]1(C)S3. The lowest BCUT2D eigenvalue weighted by molar-refractivity contribution is -0.140. The maximum Gasteiger partial charge on any atom is 0.245 e. The lowest BCUT2D eigenvalue weighted by Crippen LogP contribution is -2.54. The van der Waals surface area contributed by atoms with E-state index in [1.54, 1.807) is 21.3 Å². The number of hydrogen-bond donors (Lipinski definition) is 3. The van der Waals surface area contributed by atoms with E-state index < -0.39 is 22.6 Å². The number of rotatable bonds is 10. The van der Waals surface area contributed by atoms with E-state index in [0.717, 1.165) is 23.9 Å². The molecule has 194 valence electrons. The summed E-state index contributed by atoms with van der Waals surface area (Å²) in [6.45, 7) is 5.18. The number of nitrogens with one attached hydrogen (secondary N) is 2. The fourth-order valence-corrected chi connectivity index (χ4v) is 8.76. The monoisotopic (exact) mass is 514 g/mol. The van der Waals surface area contributed by atoms with E-state index in [2.05, 4.69) is 27.9 Å². The minimum Gasteiger partial charge on any atom is -0.396 e. The van der Waals surface area contributed by atoms with Gasteiger partial charge >= 0.3 is 0 Å². The van der Waals surface area contributed by atoms with Crippen LogP contribution in [0.4, 0.5) is 0 Å². The average molecular weight is 515 g/mol. The van der Waals surface area contributed by atoms with Crippen LogP contribution in [-0.2, 0) is 21.1 Å². The zero-order chi connectivity index (χ0) is 25.5. The number of aliphatic hydroxyl groups is 1. The van der Waals surface area contributed by atoms with E-state index in [-0.39, 0.29) is 35.7 Å². The summed E-state index contributed by atoms with van der Waals surface area (Å²) in [6.07, 6.45) is 3.46. The van der Waals surface area contributed by atoms with Gasteiger partial charge < -0.3 is 20.6 Å². The van der Waals surface area contributed by atoms with Crippen molar-refractivity contribution in [3.05, 3.63) is 24.3 Å². The summed E-state index contributed by atoms with van der Waals surface area (Å²) >= 11 is 1.66. The standard InChI is InChI=1S/C25H34N6O4S/c1-3-12-26-21(33)18-19-23(35)30(13-6-7-14-32)20(25(19)11-10-24(18,2)36-25)22(34)27-15-31-17-9-5-4-8-16(17)28-29-31/h4-5,8-9,18-20,32H,3,6-7,10-15H2,1-2H3,(H,26,33)(H,27,34)/t18-,19-,20?,24+,25?/m0/s1. The van der Waals surface area contributed by atoms with Gasteiger partial charge in [-0.15, -0.1) is 16.9 Å². The van der Waals surface area contributed by atoms with Gasteiger partial charge in [0.25, 0.3) is 0 Å². The highest BCUT2D eigenvalue weighted by Gasteiger charge is 2.76. The molecule has 36 heavy (non-hydrogen) atoms. The Labute approximate surface area is 214 Å². The Morgan fingerprint density at radius 2 is 2.00 bits per heavy atom. The Bertz CT molecular complexity index is 1170. The molecule has 4 heterocycles. The van der Waals surface area contributed by atoms with Crippen molar-refractivity contribution in [3.8, 4) is 0 Å². The smallest absolute Gasteiger partial charge is 0.245 e. The van der Waals surface area contributed by atoms with E-state index >= 15 is 0 Å². The van der Waals surface area contributed by atoms with Gasteiger partial charge in [0.2, 0.25) is 17.7 Å². The second-order valence-corrected chi connectivity index (χ2v) is 12.2. The van der Waals surface area contributed by atoms with Gasteiger partial charge in [0, 0.05) is 24.4 Å². The highest BCUT2D eigenvalue weighted by Crippen LogP contribution is 2.71. The Morgan fingerprint density at radius 3 is 2.78 bits per heavy atom. The molecule has 0 radical (unpaired) electrons. The summed E-state index contributed by atoms with van der Waals surface area (Å²) in [4.78, 5) is 42.7. The van der Waals surface area contributed by atoms with Crippen molar-refractivity contribution in [1.82, 2.24) is 30.5 Å². The van der Waals surface area contributed by atoms with Gasteiger partial charge in [0.05, 0.1) is 22.1 Å². The van der Waals surface area contributed by atoms with Crippen LogP contribution < -0.4 is 10.6 Å². The maximum atomic E-state index is 13.9. The first-order valence-corrected chi connectivity index (χ1v) is 13.6. The number of para-hydroxylation sites is 1. The number of thioether (sulfide) groups is 1. The molecule has 3 saturated heterocycles. The van der Waals surface area contributed by atoms with Crippen LogP contribution in [0.25, 0.3) is 11.0 Å². The number of amides is 3. The number of fused-ring (bicyclic) bond motifs is 2. The van der Waals surface area contributed by atoms with E-state index in [0.29, 0.717) is 32.4 Å². The van der Waals surface area contributed by atoms with Crippen molar-refractivity contribution in [2.24, 2.45) is 11.8 Å². The van der Waals surface area contributed by atoms with Gasteiger partial charge in [-0.2, -0.15) is 0 Å². The van der Waals surface area contributed by atoms with Crippen molar-refractivity contribution in [3.63, 3.8) is 0 Å². The Morgan fingerprint density at radius 1 is 1.19 bits per heavy atom. The third kappa shape index (κ3) is 3.87. The predicted molar refractivity (Wildman–Crippen MR) is 136 cm³/mol. The number of unbranched alkanes of at least 4 members (excludes halogenated alkanes) is 1. The van der Waals surface area contributed by atoms with Gasteiger partial charge in [-0.1, -0.05) is 24.3 Å². The van der Waals surface area contributed by atoms with Gasteiger partial charge in [-0.05, 0) is 51.2 Å². The van der Waals surface area contributed by atoms with Crippen LogP contribution >= 0.6 is 11.8 Å². The summed E-state index contributed by atoms with van der Waals surface area (Å²) in [6, 6.07) is 6.85. The number of nitrogens with zero attached hydrogens (tertiary/aromatic N) is 4. The van der Waals surface area contributed by atoms with Crippen molar-refractivity contribution in [1.29, 1.82) is 0 Å². The van der Waals surface area contributed by atoms with Gasteiger partial charge in [-0.25, -0.2) is 4.68 Å². The first-order chi connectivity index (χ1) is 17.4. The lowest BCUT2D eigenvalue weighted by atomic mass is 9.66. The molecule has 5 rings (SSSR count). The minimum atomic E-state index is -0.681. The third-order valence-electron chi connectivity index (χ3n) is 7.99. The molecule has 11 heteroatoms. The quantitative estimate of drug-likeness (QED) is 0.407. The molecule has 2 aromatic rings. The molecule has 3 aliphatic rings. The molecule has 3 fully saturated rings. The summed E-state index contributed by atoms with van der Waals surface area (Å²) in [5.74, 6) is -1.44. The van der Waals surface area contributed by atoms with Gasteiger partial charge in [0.1, 0.15) is 18.2 Å². The van der Waals surface area contributed by atoms with E-state index in [4.69, 9.17) is 0 Å². The molecule has 10 nitrogen and oxygen atoms in total. The molecule has 3 N–H and O–H groups in total. The lowest BCUT2D eigenvalue weighted by Gasteiger charge is -2.34. The van der Waals surface area contributed by atoms with Crippen LogP contribution in [0.5, 0.6) is 0 Å². The second-order valence-electron chi connectivity index (χ2n) is 10.3. The molecule has 3 aliphatic heterocycles. The molecule has 1 aromatic carbocycles. The van der Waals surface area contributed by atoms with Gasteiger partial charge in [0.15, 0.2) is 0 Å². The van der Waals surface area contributed by atoms with Crippen LogP contribution in [0.15, 0.2) is 24.3 Å². The molecule has 1 spiro atoms. The van der Waals surface area contributed by atoms with Crippen molar-refractivity contribution in [2.45, 2.75) is 68.2 Å². The molecule has 3 amide bonds. The highest BCUT2D eigenvalue weighted by molar-refractivity contribution is 8.02. The largest absolute Gasteiger partial charge is 0.396 e. The third-order valence-corrected chi connectivity index (χ3v) is 9.97. The predicted octanol–water partition coefficient (Wildman–Crippen LogP) is 1.29. The Kier molecular flexibility index (Phi) is 6.71. The minimum absolute atomic E-state index is 0.0295. The Hall–Kier alpha value is -2.66. The molecule has 0 aliphatic carbocycles. The molecule has 1 aromatic heterocycles. The molecule has 0 saturated carbocycles. The van der Waals surface area contributed by atoms with E-state index in [1.807, 2.05) is 31.2 Å². The van der Waals surface area contributed by atoms with Crippen molar-refractivity contribution in [2.75, 3.05) is 19.7 Å². The fraction of sp³-hybridized carbons (Fsp3) is 0.640. The summed E-state index contributed by atoms with van der Waals surface area (Å²) in [5, 5.41) is 23.6. The Balaban J connectivity index is 1.43. The molecule has 2 unspecified atom stereocenters. The van der Waals surface area contributed by atoms with Crippen LogP contribution in [0, 0.1) is 11.8 Å². The van der Waals surface area contributed by atoms with Gasteiger partial charge in [-0.3, -0.25) is 14.4 Å². The second kappa shape index (κ2) is 9.66. The molecule has 5 atom stereocenters. The zero-order valence-electron chi connectivity index (χ0n) is 20.8. The maximum absolute atomic E-state index is 13.9. The summed E-state index contributed by atoms with van der Waals surface area (Å²) < 4.78 is 0.612. The van der Waals surface area contributed by atoms with Crippen LogP contribution in [0.1, 0.15) is 46.0 Å². The summed E-state index contributed by atoms with van der Waals surface area (Å²) in [7, 11) is 0.